The van der Waals surface area contributed by atoms with Crippen LogP contribution in [0.4, 0.5) is 0 Å². The molecule has 0 unspecified atom stereocenters. The summed E-state index contributed by atoms with van der Waals surface area (Å²) in [5.41, 5.74) is 13.0. The molecule has 0 saturated heterocycles. The summed E-state index contributed by atoms with van der Waals surface area (Å²) >= 11 is 0. The van der Waals surface area contributed by atoms with Gasteiger partial charge in [0.15, 0.2) is 0 Å². The zero-order chi connectivity index (χ0) is 19.3. The molecule has 26 heavy (non-hydrogen) atoms. The fraction of sp³-hybridized carbons (Fsp3) is 0.263. The highest BCUT2D eigenvalue weighted by Crippen LogP contribution is 2.20. The Hall–Kier alpha value is -2.90. The van der Waals surface area contributed by atoms with Gasteiger partial charge in [-0.1, -0.05) is 18.2 Å². The molecule has 0 radical (unpaired) electrons. The first-order valence-corrected chi connectivity index (χ1v) is 8.13. The van der Waals surface area contributed by atoms with E-state index in [0.717, 1.165) is 5.56 Å². The average Bonchev–Trinajstić information content (AvgIpc) is 2.57. The molecule has 7 nitrogen and oxygen atoms in total. The standard InChI is InChI=1S/C19H22N2O5/c1-11(20)8-13-4-7-15(10-16(13)18(23)24)26-19(25)17(21)9-12-2-5-14(22)6-3-12/h2-7,10-11,17,22H,8-9,20-21H2,1H3,(H,23,24)/t11-,17+/m1/s1. The van der Waals surface area contributed by atoms with Crippen LogP contribution in [0.15, 0.2) is 42.5 Å². The largest absolute Gasteiger partial charge is 0.508 e. The maximum absolute atomic E-state index is 12.2. The minimum absolute atomic E-state index is 0.0414. The maximum Gasteiger partial charge on any atom is 0.336 e. The van der Waals surface area contributed by atoms with Crippen LogP contribution in [0, 0.1) is 0 Å². The SMILES string of the molecule is C[C@@H](N)Cc1ccc(OC(=O)[C@@H](N)Cc2ccc(O)cc2)cc1C(=O)O. The Bertz CT molecular complexity index is 787. The molecule has 0 bridgehead atoms. The lowest BCUT2D eigenvalue weighted by Gasteiger charge is -2.14. The summed E-state index contributed by atoms with van der Waals surface area (Å²) in [4.78, 5) is 23.6. The molecule has 2 aromatic rings. The zero-order valence-electron chi connectivity index (χ0n) is 14.4. The second-order valence-corrected chi connectivity index (χ2v) is 6.20. The quantitative estimate of drug-likeness (QED) is 0.434. The van der Waals surface area contributed by atoms with Gasteiger partial charge in [-0.15, -0.1) is 0 Å². The van der Waals surface area contributed by atoms with Gasteiger partial charge in [0.25, 0.3) is 0 Å². The molecule has 0 amide bonds. The number of aromatic hydroxyl groups is 1. The molecule has 0 aliphatic carbocycles. The van der Waals surface area contributed by atoms with Gasteiger partial charge in [-0.2, -0.15) is 0 Å². The van der Waals surface area contributed by atoms with Crippen molar-refractivity contribution < 1.29 is 24.5 Å². The lowest BCUT2D eigenvalue weighted by Crippen LogP contribution is -2.36. The van der Waals surface area contributed by atoms with E-state index in [1.807, 2.05) is 0 Å². The number of hydrogen-bond acceptors (Lipinski definition) is 6. The number of phenols is 1. The molecule has 2 aromatic carbocycles. The third kappa shape index (κ3) is 5.30. The molecule has 0 aromatic heterocycles. The van der Waals surface area contributed by atoms with Crippen molar-refractivity contribution in [1.29, 1.82) is 0 Å². The summed E-state index contributed by atoms with van der Waals surface area (Å²) in [6.07, 6.45) is 0.629. The predicted octanol–water partition coefficient (Wildman–Crippen LogP) is 1.46. The topological polar surface area (TPSA) is 136 Å². The fourth-order valence-electron chi connectivity index (χ4n) is 2.50. The Labute approximate surface area is 151 Å². The molecule has 0 saturated carbocycles. The van der Waals surface area contributed by atoms with Crippen LogP contribution in [-0.2, 0) is 17.6 Å². The first-order chi connectivity index (χ1) is 12.3. The van der Waals surface area contributed by atoms with Crippen LogP contribution in [0.1, 0.15) is 28.4 Å². The van der Waals surface area contributed by atoms with Gasteiger partial charge in [0, 0.05) is 6.04 Å². The van der Waals surface area contributed by atoms with Gasteiger partial charge in [-0.25, -0.2) is 9.59 Å². The number of carbonyl (C=O) groups is 2. The van der Waals surface area contributed by atoms with E-state index in [2.05, 4.69) is 0 Å². The van der Waals surface area contributed by atoms with E-state index in [4.69, 9.17) is 16.2 Å². The van der Waals surface area contributed by atoms with E-state index in [-0.39, 0.29) is 29.5 Å². The minimum atomic E-state index is -1.12. The predicted molar refractivity (Wildman–Crippen MR) is 96.2 cm³/mol. The molecule has 7 heteroatoms. The molecule has 0 heterocycles. The van der Waals surface area contributed by atoms with Gasteiger partial charge in [0.2, 0.25) is 0 Å². The number of aromatic carboxylic acids is 1. The van der Waals surface area contributed by atoms with Crippen LogP contribution in [0.25, 0.3) is 0 Å². The Balaban J connectivity index is 2.08. The molecule has 0 aliphatic rings. The molecule has 0 aliphatic heterocycles. The number of ether oxygens (including phenoxy) is 1. The molecule has 138 valence electrons. The summed E-state index contributed by atoms with van der Waals surface area (Å²) in [5, 5.41) is 18.6. The number of carbonyl (C=O) groups excluding carboxylic acids is 1. The number of nitrogens with two attached hydrogens (primary N) is 2. The van der Waals surface area contributed by atoms with E-state index < -0.39 is 18.0 Å². The highest BCUT2D eigenvalue weighted by molar-refractivity contribution is 5.90. The first kappa shape index (κ1) is 19.4. The summed E-state index contributed by atoms with van der Waals surface area (Å²) in [7, 11) is 0. The van der Waals surface area contributed by atoms with Crippen molar-refractivity contribution in [3.8, 4) is 11.5 Å². The highest BCUT2D eigenvalue weighted by atomic mass is 16.5. The van der Waals surface area contributed by atoms with Crippen molar-refractivity contribution in [1.82, 2.24) is 0 Å². The van der Waals surface area contributed by atoms with E-state index >= 15 is 0 Å². The van der Waals surface area contributed by atoms with Crippen molar-refractivity contribution in [2.75, 3.05) is 0 Å². The van der Waals surface area contributed by atoms with E-state index in [1.165, 1.54) is 24.3 Å². The van der Waals surface area contributed by atoms with Gasteiger partial charge in [-0.3, -0.25) is 0 Å². The van der Waals surface area contributed by atoms with Gasteiger partial charge in [0.05, 0.1) is 5.56 Å². The van der Waals surface area contributed by atoms with Gasteiger partial charge < -0.3 is 26.4 Å². The lowest BCUT2D eigenvalue weighted by molar-refractivity contribution is -0.135. The third-order valence-corrected chi connectivity index (χ3v) is 3.77. The van der Waals surface area contributed by atoms with Crippen LogP contribution >= 0.6 is 0 Å². The van der Waals surface area contributed by atoms with E-state index in [1.54, 1.807) is 25.1 Å². The van der Waals surface area contributed by atoms with Crippen molar-refractivity contribution >= 4 is 11.9 Å². The number of hydrogen-bond donors (Lipinski definition) is 4. The first-order valence-electron chi connectivity index (χ1n) is 8.13. The number of carboxylic acid groups (broad SMARTS) is 1. The maximum atomic E-state index is 12.2. The molecular formula is C19H22N2O5. The van der Waals surface area contributed by atoms with E-state index in [0.29, 0.717) is 12.0 Å². The number of rotatable bonds is 7. The lowest BCUT2D eigenvalue weighted by atomic mass is 10.0. The Morgan fingerprint density at radius 2 is 1.73 bits per heavy atom. The molecule has 0 spiro atoms. The zero-order valence-corrected chi connectivity index (χ0v) is 14.4. The van der Waals surface area contributed by atoms with Crippen molar-refractivity contribution in [2.24, 2.45) is 11.5 Å². The second kappa shape index (κ2) is 8.46. The summed E-state index contributed by atoms with van der Waals surface area (Å²) in [6.45, 7) is 1.78. The number of esters is 1. The van der Waals surface area contributed by atoms with Crippen molar-refractivity contribution in [3.05, 3.63) is 59.2 Å². The molecular weight excluding hydrogens is 336 g/mol. The van der Waals surface area contributed by atoms with Crippen LogP contribution in [0.3, 0.4) is 0 Å². The molecule has 2 atom stereocenters. The van der Waals surface area contributed by atoms with Crippen LogP contribution in [-0.4, -0.2) is 34.2 Å². The number of benzene rings is 2. The molecule has 6 N–H and O–H groups in total. The number of carboxylic acids is 1. The normalized spacial score (nSPS) is 13.0. The third-order valence-electron chi connectivity index (χ3n) is 3.77. The highest BCUT2D eigenvalue weighted by Gasteiger charge is 2.19. The molecule has 2 rings (SSSR count). The summed E-state index contributed by atoms with van der Waals surface area (Å²) < 4.78 is 5.22. The Kier molecular flexibility index (Phi) is 6.32. The van der Waals surface area contributed by atoms with Crippen molar-refractivity contribution in [3.63, 3.8) is 0 Å². The fourth-order valence-corrected chi connectivity index (χ4v) is 2.50. The summed E-state index contributed by atoms with van der Waals surface area (Å²) in [5.74, 6) is -1.55. The molecule has 0 fully saturated rings. The Morgan fingerprint density at radius 1 is 1.08 bits per heavy atom. The van der Waals surface area contributed by atoms with Gasteiger partial charge >= 0.3 is 11.9 Å². The van der Waals surface area contributed by atoms with Crippen LogP contribution in [0.5, 0.6) is 11.5 Å². The monoisotopic (exact) mass is 358 g/mol. The smallest absolute Gasteiger partial charge is 0.336 e. The Morgan fingerprint density at radius 3 is 2.31 bits per heavy atom. The number of phenolic OH excluding ortho intramolecular Hbond substituents is 1. The second-order valence-electron chi connectivity index (χ2n) is 6.20. The van der Waals surface area contributed by atoms with Crippen LogP contribution < -0.4 is 16.2 Å². The summed E-state index contributed by atoms with van der Waals surface area (Å²) in [6, 6.07) is 9.62. The average molecular weight is 358 g/mol. The van der Waals surface area contributed by atoms with Crippen molar-refractivity contribution in [2.45, 2.75) is 31.8 Å². The van der Waals surface area contributed by atoms with Gasteiger partial charge in [0.1, 0.15) is 17.5 Å². The minimum Gasteiger partial charge on any atom is -0.508 e. The van der Waals surface area contributed by atoms with Crippen LogP contribution in [0.2, 0.25) is 0 Å². The van der Waals surface area contributed by atoms with E-state index in [9.17, 15) is 19.8 Å². The van der Waals surface area contributed by atoms with Gasteiger partial charge in [-0.05, 0) is 55.2 Å².